The average Bonchev–Trinajstić information content (AvgIpc) is 3.08. The third-order valence-corrected chi connectivity index (χ3v) is 5.50. The van der Waals surface area contributed by atoms with Crippen LogP contribution in [0.1, 0.15) is 11.1 Å². The van der Waals surface area contributed by atoms with Crippen LogP contribution in [0.15, 0.2) is 66.2 Å². The molecule has 6 heteroatoms. The molecule has 0 amide bonds. The summed E-state index contributed by atoms with van der Waals surface area (Å²) in [6.07, 6.45) is 1.72. The van der Waals surface area contributed by atoms with E-state index >= 15 is 0 Å². The third-order valence-electron chi connectivity index (χ3n) is 3.33. The molecule has 0 aliphatic rings. The number of pyridine rings is 1. The lowest BCUT2D eigenvalue weighted by molar-refractivity contribution is 0.580. The Balaban J connectivity index is 1.74. The van der Waals surface area contributed by atoms with E-state index in [4.69, 9.17) is 0 Å². The number of aromatic nitrogens is 1. The number of nitrogens with zero attached hydrogens (tertiary/aromatic N) is 1. The second-order valence-electron chi connectivity index (χ2n) is 5.05. The van der Waals surface area contributed by atoms with Crippen molar-refractivity contribution >= 4 is 21.4 Å². The molecule has 3 rings (SSSR count). The number of hydrogen-bond donors (Lipinski definition) is 1. The van der Waals surface area contributed by atoms with E-state index in [0.717, 1.165) is 21.7 Å². The van der Waals surface area contributed by atoms with Crippen LogP contribution in [0.2, 0.25) is 0 Å². The first-order valence-corrected chi connectivity index (χ1v) is 9.66. The van der Waals surface area contributed by atoms with Gasteiger partial charge >= 0.3 is 0 Å². The predicted octanol–water partition coefficient (Wildman–Crippen LogP) is 3.43. The van der Waals surface area contributed by atoms with Gasteiger partial charge in [-0.25, -0.2) is 13.1 Å². The van der Waals surface area contributed by atoms with E-state index < -0.39 is 10.0 Å². The fraction of sp³-hybridized carbons (Fsp3) is 0.118. The van der Waals surface area contributed by atoms with E-state index in [1.54, 1.807) is 29.7 Å². The first-order valence-electron chi connectivity index (χ1n) is 7.13. The van der Waals surface area contributed by atoms with Gasteiger partial charge in [0.2, 0.25) is 10.0 Å². The number of sulfonamides is 1. The summed E-state index contributed by atoms with van der Waals surface area (Å²) in [5.74, 6) is -0.0254. The number of rotatable bonds is 6. The number of thiophene rings is 1. The van der Waals surface area contributed by atoms with Crippen molar-refractivity contribution in [2.75, 3.05) is 0 Å². The predicted molar refractivity (Wildman–Crippen MR) is 93.5 cm³/mol. The van der Waals surface area contributed by atoms with Gasteiger partial charge in [-0.2, -0.15) is 0 Å². The van der Waals surface area contributed by atoms with E-state index in [-0.39, 0.29) is 12.3 Å². The van der Waals surface area contributed by atoms with Gasteiger partial charge in [-0.1, -0.05) is 42.5 Å². The SMILES string of the molecule is O=S(=O)(Cc1ccccc1)NCc1cccnc1-c1cccs1. The van der Waals surface area contributed by atoms with Gasteiger partial charge in [0.25, 0.3) is 0 Å². The van der Waals surface area contributed by atoms with Gasteiger partial charge in [0.1, 0.15) is 0 Å². The zero-order valence-electron chi connectivity index (χ0n) is 12.3. The molecule has 0 spiro atoms. The quantitative estimate of drug-likeness (QED) is 0.745. The van der Waals surface area contributed by atoms with Gasteiger partial charge in [0, 0.05) is 12.7 Å². The summed E-state index contributed by atoms with van der Waals surface area (Å²) in [5, 5.41) is 1.98. The maximum Gasteiger partial charge on any atom is 0.216 e. The Hall–Kier alpha value is -2.02. The van der Waals surface area contributed by atoms with E-state index in [0.29, 0.717) is 0 Å². The molecule has 1 N–H and O–H groups in total. The van der Waals surface area contributed by atoms with Gasteiger partial charge in [0.05, 0.1) is 16.3 Å². The van der Waals surface area contributed by atoms with Crippen molar-refractivity contribution in [1.29, 1.82) is 0 Å². The van der Waals surface area contributed by atoms with E-state index in [1.165, 1.54) is 0 Å². The summed E-state index contributed by atoms with van der Waals surface area (Å²) in [7, 11) is -3.39. The molecule has 0 radical (unpaired) electrons. The number of nitrogens with one attached hydrogen (secondary N) is 1. The molecule has 3 aromatic rings. The maximum absolute atomic E-state index is 12.2. The minimum absolute atomic E-state index is 0.0254. The van der Waals surface area contributed by atoms with E-state index in [1.807, 2.05) is 47.8 Å². The van der Waals surface area contributed by atoms with Crippen molar-refractivity contribution in [3.63, 3.8) is 0 Å². The molecule has 0 saturated carbocycles. The highest BCUT2D eigenvalue weighted by molar-refractivity contribution is 7.88. The Kier molecular flexibility index (Phi) is 4.85. The number of benzene rings is 1. The van der Waals surface area contributed by atoms with Crippen molar-refractivity contribution in [3.05, 3.63) is 77.3 Å². The van der Waals surface area contributed by atoms with E-state index in [9.17, 15) is 8.42 Å². The molecular weight excluding hydrogens is 328 g/mol. The van der Waals surface area contributed by atoms with Crippen molar-refractivity contribution in [2.24, 2.45) is 0 Å². The summed E-state index contributed by atoms with van der Waals surface area (Å²) in [5.41, 5.74) is 2.46. The Bertz CT molecular complexity index is 861. The molecule has 0 unspecified atom stereocenters. The summed E-state index contributed by atoms with van der Waals surface area (Å²) >= 11 is 1.59. The molecule has 23 heavy (non-hydrogen) atoms. The second kappa shape index (κ2) is 7.04. The average molecular weight is 344 g/mol. The van der Waals surface area contributed by atoms with Crippen LogP contribution in [-0.4, -0.2) is 13.4 Å². The molecule has 2 heterocycles. The highest BCUT2D eigenvalue weighted by atomic mass is 32.2. The largest absolute Gasteiger partial charge is 0.255 e. The molecule has 0 aliphatic carbocycles. The fourth-order valence-electron chi connectivity index (χ4n) is 2.25. The van der Waals surface area contributed by atoms with Crippen LogP contribution in [0.3, 0.4) is 0 Å². The summed E-state index contributed by atoms with van der Waals surface area (Å²) < 4.78 is 27.1. The molecule has 0 saturated heterocycles. The first-order chi connectivity index (χ1) is 11.1. The van der Waals surface area contributed by atoms with Crippen molar-refractivity contribution in [3.8, 4) is 10.6 Å². The summed E-state index contributed by atoms with van der Waals surface area (Å²) in [6, 6.07) is 16.8. The van der Waals surface area contributed by atoms with Crippen LogP contribution in [0, 0.1) is 0 Å². The third kappa shape index (κ3) is 4.25. The van der Waals surface area contributed by atoms with E-state index in [2.05, 4.69) is 9.71 Å². The highest BCUT2D eigenvalue weighted by Gasteiger charge is 2.13. The highest BCUT2D eigenvalue weighted by Crippen LogP contribution is 2.25. The molecule has 1 aromatic carbocycles. The standard InChI is InChI=1S/C17H16N2O2S2/c20-23(21,13-14-6-2-1-3-7-14)19-12-15-8-4-10-18-17(15)16-9-5-11-22-16/h1-11,19H,12-13H2. The van der Waals surface area contributed by atoms with Gasteiger partial charge < -0.3 is 0 Å². The van der Waals surface area contributed by atoms with Gasteiger partial charge in [-0.3, -0.25) is 4.98 Å². The van der Waals surface area contributed by atoms with Crippen LogP contribution in [0.25, 0.3) is 10.6 Å². The smallest absolute Gasteiger partial charge is 0.216 e. The van der Waals surface area contributed by atoms with Crippen LogP contribution in [0.5, 0.6) is 0 Å². The zero-order chi connectivity index (χ0) is 16.1. The zero-order valence-corrected chi connectivity index (χ0v) is 14.0. The molecule has 0 bridgehead atoms. The van der Waals surface area contributed by atoms with Gasteiger partial charge in [-0.15, -0.1) is 11.3 Å². The molecule has 2 aromatic heterocycles. The summed E-state index contributed by atoms with van der Waals surface area (Å²) in [4.78, 5) is 5.41. The summed E-state index contributed by atoms with van der Waals surface area (Å²) in [6.45, 7) is 0.232. The first kappa shape index (κ1) is 15.9. The van der Waals surface area contributed by atoms with Crippen LogP contribution in [-0.2, 0) is 22.3 Å². The lowest BCUT2D eigenvalue weighted by atomic mass is 10.2. The van der Waals surface area contributed by atoms with Crippen molar-refractivity contribution < 1.29 is 8.42 Å². The lowest BCUT2D eigenvalue weighted by Crippen LogP contribution is -2.25. The Morgan fingerprint density at radius 2 is 1.83 bits per heavy atom. The Morgan fingerprint density at radius 3 is 2.57 bits per heavy atom. The van der Waals surface area contributed by atoms with Crippen molar-refractivity contribution in [1.82, 2.24) is 9.71 Å². The minimum atomic E-state index is -3.39. The van der Waals surface area contributed by atoms with Crippen LogP contribution < -0.4 is 4.72 Å². The Labute approximate surface area is 139 Å². The van der Waals surface area contributed by atoms with Gasteiger partial charge in [-0.05, 0) is 28.6 Å². The fourth-order valence-corrected chi connectivity index (χ4v) is 4.11. The normalized spacial score (nSPS) is 11.5. The van der Waals surface area contributed by atoms with Crippen LogP contribution in [0.4, 0.5) is 0 Å². The topological polar surface area (TPSA) is 59.1 Å². The minimum Gasteiger partial charge on any atom is -0.255 e. The monoisotopic (exact) mass is 344 g/mol. The molecule has 0 fully saturated rings. The molecular formula is C17H16N2O2S2. The molecule has 0 atom stereocenters. The van der Waals surface area contributed by atoms with Crippen LogP contribution >= 0.6 is 11.3 Å². The van der Waals surface area contributed by atoms with Crippen molar-refractivity contribution in [2.45, 2.75) is 12.3 Å². The Morgan fingerprint density at radius 1 is 1.00 bits per heavy atom. The second-order valence-corrected chi connectivity index (χ2v) is 7.81. The maximum atomic E-state index is 12.2. The molecule has 0 aliphatic heterocycles. The molecule has 118 valence electrons. The lowest BCUT2D eigenvalue weighted by Gasteiger charge is -2.09. The number of hydrogen-bond acceptors (Lipinski definition) is 4. The van der Waals surface area contributed by atoms with Gasteiger partial charge in [0.15, 0.2) is 0 Å². The molecule has 4 nitrogen and oxygen atoms in total.